The summed E-state index contributed by atoms with van der Waals surface area (Å²) in [5.74, 6) is 0. The Morgan fingerprint density at radius 1 is 0.395 bits per heavy atom. The van der Waals surface area contributed by atoms with Crippen molar-refractivity contribution in [2.75, 3.05) is 5.32 Å². The summed E-state index contributed by atoms with van der Waals surface area (Å²) >= 11 is 0. The molecule has 7 aromatic rings. The molecule has 180 valence electrons. The fraction of sp³-hybridized carbons (Fsp3) is 0. The van der Waals surface area contributed by atoms with Gasteiger partial charge in [0.2, 0.25) is 0 Å². The van der Waals surface area contributed by atoms with E-state index in [0.717, 1.165) is 11.4 Å². The highest BCUT2D eigenvalue weighted by atomic mass is 14.9. The molecule has 1 heterocycles. The van der Waals surface area contributed by atoms with Crippen LogP contribution in [0.3, 0.4) is 0 Å². The van der Waals surface area contributed by atoms with Crippen LogP contribution in [-0.4, -0.2) is 4.98 Å². The molecule has 0 spiro atoms. The van der Waals surface area contributed by atoms with Gasteiger partial charge in [-0.3, -0.25) is 0 Å². The SMILES string of the molecule is c1ccc(Nc2ccc(-c3cccc(-c4ccc5[nH]c6ccccc6c5c4)c3)cc2-c2ccccc2)cc1. The van der Waals surface area contributed by atoms with Gasteiger partial charge in [0.1, 0.15) is 0 Å². The quantitative estimate of drug-likeness (QED) is 0.249. The zero-order valence-electron chi connectivity index (χ0n) is 20.9. The van der Waals surface area contributed by atoms with Gasteiger partial charge in [-0.2, -0.15) is 0 Å². The largest absolute Gasteiger partial charge is 0.355 e. The fourth-order valence-electron chi connectivity index (χ4n) is 5.27. The number of hydrogen-bond donors (Lipinski definition) is 2. The minimum atomic E-state index is 1.08. The molecule has 0 radical (unpaired) electrons. The van der Waals surface area contributed by atoms with E-state index in [0.29, 0.717) is 0 Å². The van der Waals surface area contributed by atoms with Gasteiger partial charge in [-0.05, 0) is 76.3 Å². The van der Waals surface area contributed by atoms with Crippen LogP contribution in [-0.2, 0) is 0 Å². The Kier molecular flexibility index (Phi) is 5.49. The first kappa shape index (κ1) is 22.1. The van der Waals surface area contributed by atoms with Crippen molar-refractivity contribution in [3.63, 3.8) is 0 Å². The van der Waals surface area contributed by atoms with Gasteiger partial charge in [-0.15, -0.1) is 0 Å². The van der Waals surface area contributed by atoms with Gasteiger partial charge in [-0.1, -0.05) is 97.1 Å². The number of nitrogens with one attached hydrogen (secondary N) is 2. The first-order valence-corrected chi connectivity index (χ1v) is 12.9. The average Bonchev–Trinajstić information content (AvgIpc) is 3.36. The van der Waals surface area contributed by atoms with Crippen molar-refractivity contribution < 1.29 is 0 Å². The number of aromatic amines is 1. The van der Waals surface area contributed by atoms with Crippen LogP contribution in [0.1, 0.15) is 0 Å². The minimum Gasteiger partial charge on any atom is -0.355 e. The molecule has 2 nitrogen and oxygen atoms in total. The molecule has 2 heteroatoms. The lowest BCUT2D eigenvalue weighted by Gasteiger charge is -2.15. The average molecular weight is 487 g/mol. The molecule has 0 atom stereocenters. The molecule has 0 aliphatic heterocycles. The third kappa shape index (κ3) is 4.12. The van der Waals surface area contributed by atoms with Crippen molar-refractivity contribution in [3.05, 3.63) is 146 Å². The van der Waals surface area contributed by atoms with Gasteiger partial charge in [-0.25, -0.2) is 0 Å². The molecular formula is C36H26N2. The van der Waals surface area contributed by atoms with E-state index in [1.165, 1.54) is 55.2 Å². The number of anilines is 2. The third-order valence-corrected chi connectivity index (χ3v) is 7.19. The lowest BCUT2D eigenvalue weighted by Crippen LogP contribution is -1.94. The van der Waals surface area contributed by atoms with Crippen molar-refractivity contribution in [2.45, 2.75) is 0 Å². The fourth-order valence-corrected chi connectivity index (χ4v) is 5.27. The minimum absolute atomic E-state index is 1.08. The lowest BCUT2D eigenvalue weighted by molar-refractivity contribution is 1.52. The summed E-state index contributed by atoms with van der Waals surface area (Å²) in [5.41, 5.74) is 11.7. The third-order valence-electron chi connectivity index (χ3n) is 7.19. The summed E-state index contributed by atoms with van der Waals surface area (Å²) in [4.78, 5) is 3.53. The summed E-state index contributed by atoms with van der Waals surface area (Å²) in [6.07, 6.45) is 0. The first-order valence-electron chi connectivity index (χ1n) is 12.9. The maximum absolute atomic E-state index is 3.61. The molecule has 0 saturated heterocycles. The Morgan fingerprint density at radius 3 is 1.82 bits per heavy atom. The highest BCUT2D eigenvalue weighted by Crippen LogP contribution is 2.36. The smallest absolute Gasteiger partial charge is 0.0465 e. The van der Waals surface area contributed by atoms with Crippen molar-refractivity contribution >= 4 is 33.2 Å². The molecule has 7 rings (SSSR count). The summed E-state index contributed by atoms with van der Waals surface area (Å²) < 4.78 is 0. The van der Waals surface area contributed by atoms with Crippen molar-refractivity contribution in [1.29, 1.82) is 0 Å². The topological polar surface area (TPSA) is 27.8 Å². The highest BCUT2D eigenvalue weighted by Gasteiger charge is 2.11. The van der Waals surface area contributed by atoms with Crippen LogP contribution in [0.4, 0.5) is 11.4 Å². The molecule has 0 amide bonds. The molecule has 38 heavy (non-hydrogen) atoms. The maximum atomic E-state index is 3.61. The predicted molar refractivity (Wildman–Crippen MR) is 162 cm³/mol. The van der Waals surface area contributed by atoms with E-state index in [1.807, 2.05) is 6.07 Å². The van der Waals surface area contributed by atoms with E-state index in [1.54, 1.807) is 0 Å². The molecule has 0 saturated carbocycles. The van der Waals surface area contributed by atoms with Crippen LogP contribution in [0.2, 0.25) is 0 Å². The zero-order chi connectivity index (χ0) is 25.3. The Hall–Kier alpha value is -5.08. The van der Waals surface area contributed by atoms with E-state index in [-0.39, 0.29) is 0 Å². The van der Waals surface area contributed by atoms with Crippen molar-refractivity contribution in [1.82, 2.24) is 4.98 Å². The molecule has 2 N–H and O–H groups in total. The molecule has 0 fully saturated rings. The van der Waals surface area contributed by atoms with Crippen LogP contribution in [0.15, 0.2) is 146 Å². The molecule has 0 aliphatic carbocycles. The predicted octanol–water partition coefficient (Wildman–Crippen LogP) is 10.1. The molecule has 1 aromatic heterocycles. The van der Waals surface area contributed by atoms with Crippen LogP contribution in [0, 0.1) is 0 Å². The second kappa shape index (κ2) is 9.42. The summed E-state index contributed by atoms with van der Waals surface area (Å²) in [7, 11) is 0. The first-order chi connectivity index (χ1) is 18.8. The molecule has 0 unspecified atom stereocenters. The summed E-state index contributed by atoms with van der Waals surface area (Å²) in [6, 6.07) is 51.6. The van der Waals surface area contributed by atoms with Crippen LogP contribution < -0.4 is 5.32 Å². The second-order valence-electron chi connectivity index (χ2n) is 9.63. The van der Waals surface area contributed by atoms with Crippen LogP contribution in [0.5, 0.6) is 0 Å². The molecule has 0 aliphatic rings. The van der Waals surface area contributed by atoms with E-state index in [4.69, 9.17) is 0 Å². The number of hydrogen-bond acceptors (Lipinski definition) is 1. The Balaban J connectivity index is 1.30. The van der Waals surface area contributed by atoms with Gasteiger partial charge < -0.3 is 10.3 Å². The number of aromatic nitrogens is 1. The zero-order valence-corrected chi connectivity index (χ0v) is 20.9. The van der Waals surface area contributed by atoms with Gasteiger partial charge in [0.05, 0.1) is 0 Å². The monoisotopic (exact) mass is 486 g/mol. The van der Waals surface area contributed by atoms with E-state index in [2.05, 4.69) is 150 Å². The lowest BCUT2D eigenvalue weighted by atomic mass is 9.94. The molecule has 6 aromatic carbocycles. The summed E-state index contributed by atoms with van der Waals surface area (Å²) in [6.45, 7) is 0. The van der Waals surface area contributed by atoms with E-state index < -0.39 is 0 Å². The van der Waals surface area contributed by atoms with Crippen LogP contribution >= 0.6 is 0 Å². The molecular weight excluding hydrogens is 460 g/mol. The number of para-hydroxylation sites is 2. The second-order valence-corrected chi connectivity index (χ2v) is 9.63. The van der Waals surface area contributed by atoms with Crippen molar-refractivity contribution in [2.24, 2.45) is 0 Å². The summed E-state index contributed by atoms with van der Waals surface area (Å²) in [5, 5.41) is 6.13. The number of rotatable bonds is 5. The van der Waals surface area contributed by atoms with E-state index >= 15 is 0 Å². The Bertz CT molecular complexity index is 1880. The molecule has 0 bridgehead atoms. The van der Waals surface area contributed by atoms with Gasteiger partial charge in [0.15, 0.2) is 0 Å². The standard InChI is InChI=1S/C36H26N2/c1-3-10-25(11-4-1)32-23-28(18-20-35(32)37-30-14-5-2-6-15-30)26-12-9-13-27(22-26)29-19-21-36-33(24-29)31-16-7-8-17-34(31)38-36/h1-24,37-38H. The maximum Gasteiger partial charge on any atom is 0.0465 e. The highest BCUT2D eigenvalue weighted by molar-refractivity contribution is 6.08. The number of fused-ring (bicyclic) bond motifs is 3. The van der Waals surface area contributed by atoms with Gasteiger partial charge >= 0.3 is 0 Å². The Morgan fingerprint density at radius 2 is 1.00 bits per heavy atom. The number of benzene rings is 6. The van der Waals surface area contributed by atoms with Gasteiger partial charge in [0, 0.05) is 38.7 Å². The van der Waals surface area contributed by atoms with Crippen molar-refractivity contribution in [3.8, 4) is 33.4 Å². The van der Waals surface area contributed by atoms with Crippen LogP contribution in [0.25, 0.3) is 55.2 Å². The van der Waals surface area contributed by atoms with E-state index in [9.17, 15) is 0 Å². The number of H-pyrrole nitrogens is 1. The normalized spacial score (nSPS) is 11.2. The van der Waals surface area contributed by atoms with Gasteiger partial charge in [0.25, 0.3) is 0 Å². The Labute approximate surface area is 222 Å².